The molecule has 0 amide bonds. The molecule has 1 fully saturated rings. The monoisotopic (exact) mass is 409 g/mol. The molecule has 0 aliphatic carbocycles. The summed E-state index contributed by atoms with van der Waals surface area (Å²) in [6.07, 6.45) is 1.71. The zero-order chi connectivity index (χ0) is 19.4. The number of carboxylic acid groups (broad SMARTS) is 1. The number of hydrogen-bond donors (Lipinski definition) is 1. The number of benzene rings is 1. The minimum absolute atomic E-state index is 0.202. The number of guanidine groups is 1. The molecule has 3 rings (SSSR count). The molecule has 0 unspecified atom stereocenters. The second kappa shape index (κ2) is 8.33. The Balaban J connectivity index is 1.68. The maximum atomic E-state index is 10.9. The predicted molar refractivity (Wildman–Crippen MR) is 98.2 cm³/mol. The first-order valence-corrected chi connectivity index (χ1v) is 9.28. The molecule has 0 radical (unpaired) electrons. The van der Waals surface area contributed by atoms with Crippen LogP contribution in [0.4, 0.5) is 0 Å². The molecule has 10 nitrogen and oxygen atoms in total. The molecule has 1 aliphatic heterocycles. The average Bonchev–Trinajstić information content (AvgIpc) is 3.05. The zero-order valence-corrected chi connectivity index (χ0v) is 15.8. The standard InChI is InChI=1S/C15H15N5O5S2/c1-18-8-25-9-19(14(18)17-20(23)24)7-12-6-16-15(27-12)26-11-4-2-10(3-5-11)13(21)22/h2-6H,7-9H2,1H3,(H,21,22). The lowest BCUT2D eigenvalue weighted by Crippen LogP contribution is -2.49. The van der Waals surface area contributed by atoms with E-state index in [1.165, 1.54) is 23.1 Å². The summed E-state index contributed by atoms with van der Waals surface area (Å²) in [6, 6.07) is 6.54. The summed E-state index contributed by atoms with van der Waals surface area (Å²) >= 11 is 2.87. The van der Waals surface area contributed by atoms with E-state index in [1.807, 2.05) is 0 Å². The Kier molecular flexibility index (Phi) is 5.88. The van der Waals surface area contributed by atoms with Crippen molar-refractivity contribution in [2.24, 2.45) is 5.10 Å². The number of nitro groups is 1. The van der Waals surface area contributed by atoms with Crippen LogP contribution in [0.2, 0.25) is 0 Å². The number of hydrogen-bond acceptors (Lipinski definition) is 7. The Morgan fingerprint density at radius 1 is 1.44 bits per heavy atom. The zero-order valence-electron chi connectivity index (χ0n) is 14.1. The van der Waals surface area contributed by atoms with Crippen LogP contribution in [-0.4, -0.2) is 57.4 Å². The molecule has 0 saturated carbocycles. The van der Waals surface area contributed by atoms with E-state index in [4.69, 9.17) is 9.84 Å². The SMILES string of the molecule is CN1COCN(Cc2cnc(Sc3ccc(C(=O)O)cc3)s2)C1=N[N+](=O)[O-]. The molecule has 1 aromatic heterocycles. The van der Waals surface area contributed by atoms with E-state index in [-0.39, 0.29) is 25.0 Å². The molecule has 0 bridgehead atoms. The molecular weight excluding hydrogens is 394 g/mol. The van der Waals surface area contributed by atoms with Gasteiger partial charge in [0.2, 0.25) is 0 Å². The largest absolute Gasteiger partial charge is 0.478 e. The van der Waals surface area contributed by atoms with Crippen molar-refractivity contribution in [3.05, 3.63) is 51.0 Å². The maximum Gasteiger partial charge on any atom is 0.335 e. The van der Waals surface area contributed by atoms with Gasteiger partial charge in [0, 0.05) is 23.0 Å². The summed E-state index contributed by atoms with van der Waals surface area (Å²) < 4.78 is 6.18. The maximum absolute atomic E-state index is 10.9. The van der Waals surface area contributed by atoms with Gasteiger partial charge in [-0.15, -0.1) is 11.3 Å². The van der Waals surface area contributed by atoms with Gasteiger partial charge in [0.15, 0.2) is 9.37 Å². The first kappa shape index (κ1) is 19.1. The lowest BCUT2D eigenvalue weighted by atomic mass is 10.2. The van der Waals surface area contributed by atoms with E-state index in [1.54, 1.807) is 47.3 Å². The van der Waals surface area contributed by atoms with Gasteiger partial charge in [-0.25, -0.2) is 19.9 Å². The highest BCUT2D eigenvalue weighted by atomic mass is 32.2. The summed E-state index contributed by atoms with van der Waals surface area (Å²) in [7, 11) is 1.67. The molecular formula is C15H15N5O5S2. The highest BCUT2D eigenvalue weighted by molar-refractivity contribution is 8.01. The number of ether oxygens (including phenoxy) is 1. The Bertz CT molecular complexity index is 870. The van der Waals surface area contributed by atoms with Gasteiger partial charge in [0.1, 0.15) is 18.6 Å². The van der Waals surface area contributed by atoms with Gasteiger partial charge in [0.05, 0.1) is 12.1 Å². The molecule has 142 valence electrons. The van der Waals surface area contributed by atoms with Crippen LogP contribution in [0.5, 0.6) is 0 Å². The molecule has 1 aromatic carbocycles. The van der Waals surface area contributed by atoms with Crippen LogP contribution in [0, 0.1) is 10.1 Å². The Labute approximate surface area is 162 Å². The average molecular weight is 409 g/mol. The molecule has 2 aromatic rings. The second-order valence-corrected chi connectivity index (χ2v) is 7.96. The third-order valence-electron chi connectivity index (χ3n) is 3.51. The van der Waals surface area contributed by atoms with Crippen LogP contribution in [0.25, 0.3) is 0 Å². The molecule has 2 heterocycles. The van der Waals surface area contributed by atoms with Crippen LogP contribution in [-0.2, 0) is 11.3 Å². The number of thiazole rings is 1. The third-order valence-corrected chi connectivity index (χ3v) is 5.58. The molecule has 0 atom stereocenters. The van der Waals surface area contributed by atoms with Gasteiger partial charge in [-0.2, -0.15) is 0 Å². The van der Waals surface area contributed by atoms with E-state index in [0.29, 0.717) is 6.54 Å². The lowest BCUT2D eigenvalue weighted by Gasteiger charge is -2.34. The fourth-order valence-electron chi connectivity index (χ4n) is 2.34. The summed E-state index contributed by atoms with van der Waals surface area (Å²) in [5.74, 6) is -0.734. The quantitative estimate of drug-likeness (QED) is 0.565. The highest BCUT2D eigenvalue weighted by Crippen LogP contribution is 2.32. The first-order valence-electron chi connectivity index (χ1n) is 7.65. The second-order valence-electron chi connectivity index (χ2n) is 5.52. The number of carbonyl (C=O) groups is 1. The molecule has 12 heteroatoms. The van der Waals surface area contributed by atoms with Crippen molar-refractivity contribution in [2.45, 2.75) is 15.8 Å². The van der Waals surface area contributed by atoms with Crippen LogP contribution in [0.1, 0.15) is 15.2 Å². The van der Waals surface area contributed by atoms with Crippen molar-refractivity contribution >= 4 is 35.0 Å². The van der Waals surface area contributed by atoms with Crippen molar-refractivity contribution < 1.29 is 19.7 Å². The lowest BCUT2D eigenvalue weighted by molar-refractivity contribution is -0.486. The van der Waals surface area contributed by atoms with Gasteiger partial charge in [-0.1, -0.05) is 11.8 Å². The number of rotatable bonds is 6. The van der Waals surface area contributed by atoms with Gasteiger partial charge >= 0.3 is 5.97 Å². The summed E-state index contributed by atoms with van der Waals surface area (Å²) in [5, 5.41) is 22.4. The number of hydrazone groups is 1. The van der Waals surface area contributed by atoms with Crippen molar-refractivity contribution in [2.75, 3.05) is 20.5 Å². The van der Waals surface area contributed by atoms with Gasteiger partial charge in [-0.3, -0.25) is 0 Å². The van der Waals surface area contributed by atoms with E-state index < -0.39 is 11.0 Å². The van der Waals surface area contributed by atoms with Gasteiger partial charge in [0.25, 0.3) is 5.96 Å². The third kappa shape index (κ3) is 4.93. The van der Waals surface area contributed by atoms with Crippen LogP contribution in [0.3, 0.4) is 0 Å². The van der Waals surface area contributed by atoms with E-state index >= 15 is 0 Å². The number of nitrogens with zero attached hydrogens (tertiary/aromatic N) is 5. The van der Waals surface area contributed by atoms with E-state index in [0.717, 1.165) is 14.1 Å². The molecule has 0 spiro atoms. The van der Waals surface area contributed by atoms with E-state index in [9.17, 15) is 14.9 Å². The normalized spacial score (nSPS) is 16.0. The smallest absolute Gasteiger partial charge is 0.335 e. The van der Waals surface area contributed by atoms with Crippen molar-refractivity contribution in [3.63, 3.8) is 0 Å². The Morgan fingerprint density at radius 3 is 2.85 bits per heavy atom. The van der Waals surface area contributed by atoms with Crippen molar-refractivity contribution in [1.82, 2.24) is 14.8 Å². The Hall–Kier alpha value is -2.70. The van der Waals surface area contributed by atoms with Gasteiger partial charge in [-0.05, 0) is 24.3 Å². The summed E-state index contributed by atoms with van der Waals surface area (Å²) in [4.78, 5) is 31.0. The van der Waals surface area contributed by atoms with Crippen LogP contribution < -0.4 is 0 Å². The predicted octanol–water partition coefficient (Wildman–Crippen LogP) is 2.22. The number of carboxylic acids is 1. The van der Waals surface area contributed by atoms with Gasteiger partial charge < -0.3 is 19.6 Å². The molecule has 27 heavy (non-hydrogen) atoms. The van der Waals surface area contributed by atoms with Crippen LogP contribution >= 0.6 is 23.1 Å². The fourth-order valence-corrected chi connectivity index (χ4v) is 4.35. The minimum Gasteiger partial charge on any atom is -0.478 e. The summed E-state index contributed by atoms with van der Waals surface area (Å²) in [6.45, 7) is 0.820. The molecule has 1 saturated heterocycles. The topological polar surface area (TPSA) is 121 Å². The minimum atomic E-state index is -0.969. The molecule has 1 aliphatic rings. The number of aromatic carboxylic acids is 1. The first-order chi connectivity index (χ1) is 12.9. The number of aromatic nitrogens is 1. The van der Waals surface area contributed by atoms with Crippen molar-refractivity contribution in [3.8, 4) is 0 Å². The molecule has 1 N–H and O–H groups in total. The fraction of sp³-hybridized carbons (Fsp3) is 0.267. The summed E-state index contributed by atoms with van der Waals surface area (Å²) in [5.41, 5.74) is 0.228. The van der Waals surface area contributed by atoms with Crippen LogP contribution in [0.15, 0.2) is 44.8 Å². The Morgan fingerprint density at radius 2 is 2.19 bits per heavy atom. The van der Waals surface area contributed by atoms with E-state index in [2.05, 4.69) is 10.1 Å². The van der Waals surface area contributed by atoms with Crippen molar-refractivity contribution in [1.29, 1.82) is 0 Å². The highest BCUT2D eigenvalue weighted by Gasteiger charge is 2.25.